The molecule has 4 rings (SSSR count). The average molecular weight is 470 g/mol. The van der Waals surface area contributed by atoms with Crippen LogP contribution in [0.3, 0.4) is 0 Å². The van der Waals surface area contributed by atoms with Gasteiger partial charge in [0.1, 0.15) is 5.60 Å². The molecule has 0 bridgehead atoms. The molecule has 7 nitrogen and oxygen atoms in total. The van der Waals surface area contributed by atoms with Gasteiger partial charge in [0, 0.05) is 62.1 Å². The Hall–Kier alpha value is -4.05. The number of ether oxygens (including phenoxy) is 1. The molecule has 1 amide bonds. The lowest BCUT2D eigenvalue weighted by Crippen LogP contribution is -2.50. The fourth-order valence-corrected chi connectivity index (χ4v) is 3.95. The zero-order valence-corrected chi connectivity index (χ0v) is 20.5. The van der Waals surface area contributed by atoms with Crippen LogP contribution in [0.5, 0.6) is 0 Å². The van der Waals surface area contributed by atoms with Crippen molar-refractivity contribution in [2.45, 2.75) is 32.9 Å². The molecule has 1 saturated heterocycles. The monoisotopic (exact) mass is 469 g/mol. The van der Waals surface area contributed by atoms with Gasteiger partial charge in [0.15, 0.2) is 0 Å². The molecule has 2 aromatic carbocycles. The zero-order valence-electron chi connectivity index (χ0n) is 20.5. The van der Waals surface area contributed by atoms with E-state index in [1.165, 1.54) is 0 Å². The molecule has 35 heavy (non-hydrogen) atoms. The highest BCUT2D eigenvalue weighted by Crippen LogP contribution is 2.23. The Kier molecular flexibility index (Phi) is 7.21. The number of aromatic nitrogens is 1. The summed E-state index contributed by atoms with van der Waals surface area (Å²) in [5.41, 5.74) is 5.48. The van der Waals surface area contributed by atoms with Gasteiger partial charge in [-0.15, -0.1) is 0 Å². The predicted octanol–water partition coefficient (Wildman–Crippen LogP) is 5.29. The molecule has 1 aliphatic heterocycles. The Morgan fingerprint density at radius 1 is 1.00 bits per heavy atom. The lowest BCUT2D eigenvalue weighted by atomic mass is 10.0. The number of nitrogens with zero attached hydrogens (tertiary/aromatic N) is 4. The molecule has 180 valence electrons. The minimum absolute atomic E-state index is 0.241. The molecule has 3 aromatic rings. The summed E-state index contributed by atoms with van der Waals surface area (Å²) < 4.78 is 5.48. The Bertz CT molecular complexity index is 1190. The number of nitrogens with one attached hydrogen (secondary N) is 1. The highest BCUT2D eigenvalue weighted by Gasteiger charge is 2.25. The van der Waals surface area contributed by atoms with Crippen LogP contribution in [0.25, 0.3) is 11.1 Å². The number of carbonyl (C=O) groups is 1. The quantitative estimate of drug-likeness (QED) is 0.547. The van der Waals surface area contributed by atoms with Crippen LogP contribution in [0, 0.1) is 11.3 Å². The molecule has 1 aliphatic rings. The first-order valence-corrected chi connectivity index (χ1v) is 11.8. The van der Waals surface area contributed by atoms with E-state index in [9.17, 15) is 4.79 Å². The maximum atomic E-state index is 12.3. The van der Waals surface area contributed by atoms with E-state index in [2.05, 4.69) is 51.6 Å². The van der Waals surface area contributed by atoms with Crippen molar-refractivity contribution in [1.82, 2.24) is 9.88 Å². The topological polar surface area (TPSA) is 81.5 Å². The van der Waals surface area contributed by atoms with E-state index in [1.54, 1.807) is 4.90 Å². The number of pyridine rings is 1. The Morgan fingerprint density at radius 3 is 2.31 bits per heavy atom. The average Bonchev–Trinajstić information content (AvgIpc) is 2.87. The first-order chi connectivity index (χ1) is 16.8. The highest BCUT2D eigenvalue weighted by molar-refractivity contribution is 5.69. The molecular weight excluding hydrogens is 438 g/mol. The molecule has 0 spiro atoms. The van der Waals surface area contributed by atoms with Gasteiger partial charge in [0.25, 0.3) is 0 Å². The van der Waals surface area contributed by atoms with Crippen molar-refractivity contribution in [1.29, 1.82) is 5.26 Å². The standard InChI is InChI=1S/C28H31N5O2/c1-28(2,3)35-27(34)33-14-12-32(13-15-33)26-10-8-25(9-11-26)31-19-22-16-24(20-30-18-22)23-6-4-21(17-29)5-7-23/h4-11,16,18,20,31H,12-15,19H2,1-3H3. The predicted molar refractivity (Wildman–Crippen MR) is 138 cm³/mol. The number of benzene rings is 2. The van der Waals surface area contributed by atoms with Gasteiger partial charge in [0.05, 0.1) is 11.6 Å². The maximum Gasteiger partial charge on any atom is 0.410 e. The van der Waals surface area contributed by atoms with E-state index in [0.717, 1.165) is 41.2 Å². The summed E-state index contributed by atoms with van der Waals surface area (Å²) in [6, 6.07) is 20.1. The summed E-state index contributed by atoms with van der Waals surface area (Å²) in [7, 11) is 0. The molecule has 0 atom stereocenters. The Labute approximate surface area is 207 Å². The van der Waals surface area contributed by atoms with Crippen molar-refractivity contribution in [3.8, 4) is 17.2 Å². The summed E-state index contributed by atoms with van der Waals surface area (Å²) in [4.78, 5) is 20.7. The smallest absolute Gasteiger partial charge is 0.410 e. The van der Waals surface area contributed by atoms with Gasteiger partial charge in [-0.3, -0.25) is 4.98 Å². The van der Waals surface area contributed by atoms with Gasteiger partial charge in [-0.1, -0.05) is 12.1 Å². The van der Waals surface area contributed by atoms with Crippen molar-refractivity contribution < 1.29 is 9.53 Å². The van der Waals surface area contributed by atoms with E-state index in [0.29, 0.717) is 25.2 Å². The molecule has 0 saturated carbocycles. The first kappa shape index (κ1) is 24.1. The molecule has 1 N–H and O–H groups in total. The van der Waals surface area contributed by atoms with Crippen LogP contribution in [0.2, 0.25) is 0 Å². The number of piperazine rings is 1. The second kappa shape index (κ2) is 10.5. The van der Waals surface area contributed by atoms with E-state index < -0.39 is 5.60 Å². The minimum Gasteiger partial charge on any atom is -0.444 e. The van der Waals surface area contributed by atoms with Crippen LogP contribution in [0.1, 0.15) is 31.9 Å². The van der Waals surface area contributed by atoms with Crippen LogP contribution in [-0.4, -0.2) is 47.8 Å². The lowest BCUT2D eigenvalue weighted by Gasteiger charge is -2.36. The molecule has 1 fully saturated rings. The fourth-order valence-electron chi connectivity index (χ4n) is 3.95. The van der Waals surface area contributed by atoms with Gasteiger partial charge < -0.3 is 19.9 Å². The van der Waals surface area contributed by atoms with E-state index in [4.69, 9.17) is 10.00 Å². The van der Waals surface area contributed by atoms with Gasteiger partial charge in [-0.25, -0.2) is 4.79 Å². The van der Waals surface area contributed by atoms with Gasteiger partial charge in [-0.05, 0) is 74.4 Å². The van der Waals surface area contributed by atoms with Crippen LogP contribution >= 0.6 is 0 Å². The van der Waals surface area contributed by atoms with Crippen molar-refractivity contribution in [3.63, 3.8) is 0 Å². The van der Waals surface area contributed by atoms with Gasteiger partial charge in [0.2, 0.25) is 0 Å². The SMILES string of the molecule is CC(C)(C)OC(=O)N1CCN(c2ccc(NCc3cncc(-c4ccc(C#N)cc4)c3)cc2)CC1. The molecule has 2 heterocycles. The van der Waals surface area contributed by atoms with Crippen LogP contribution in [0.15, 0.2) is 67.0 Å². The van der Waals surface area contributed by atoms with Crippen molar-refractivity contribution in [3.05, 3.63) is 78.1 Å². The number of rotatable bonds is 5. The highest BCUT2D eigenvalue weighted by atomic mass is 16.6. The third kappa shape index (κ3) is 6.51. The fraction of sp³-hybridized carbons (Fsp3) is 0.321. The van der Waals surface area contributed by atoms with Crippen LogP contribution in [0.4, 0.5) is 16.2 Å². The third-order valence-corrected chi connectivity index (χ3v) is 5.80. The number of hydrogen-bond donors (Lipinski definition) is 1. The number of nitriles is 1. The lowest BCUT2D eigenvalue weighted by molar-refractivity contribution is 0.0240. The van der Waals surface area contributed by atoms with E-state index >= 15 is 0 Å². The summed E-state index contributed by atoms with van der Waals surface area (Å²) >= 11 is 0. The van der Waals surface area contributed by atoms with Crippen LogP contribution < -0.4 is 10.2 Å². The maximum absolute atomic E-state index is 12.3. The van der Waals surface area contributed by atoms with Gasteiger partial charge in [-0.2, -0.15) is 5.26 Å². The molecule has 0 aliphatic carbocycles. The van der Waals surface area contributed by atoms with E-state index in [1.807, 2.05) is 57.4 Å². The second-order valence-electron chi connectivity index (χ2n) is 9.63. The summed E-state index contributed by atoms with van der Waals surface area (Å²) in [6.07, 6.45) is 3.45. The first-order valence-electron chi connectivity index (χ1n) is 11.8. The normalized spacial score (nSPS) is 13.8. The second-order valence-corrected chi connectivity index (χ2v) is 9.63. The third-order valence-electron chi connectivity index (χ3n) is 5.80. The molecule has 0 unspecified atom stereocenters. The largest absolute Gasteiger partial charge is 0.444 e. The van der Waals surface area contributed by atoms with Crippen LogP contribution in [-0.2, 0) is 11.3 Å². The zero-order chi connectivity index (χ0) is 24.8. The minimum atomic E-state index is -0.474. The number of amides is 1. The van der Waals surface area contributed by atoms with E-state index in [-0.39, 0.29) is 6.09 Å². The molecule has 7 heteroatoms. The molecule has 0 radical (unpaired) electrons. The number of hydrogen-bond acceptors (Lipinski definition) is 6. The summed E-state index contributed by atoms with van der Waals surface area (Å²) in [6.45, 7) is 9.18. The Balaban J connectivity index is 1.30. The Morgan fingerprint density at radius 2 is 1.69 bits per heavy atom. The number of carbonyl (C=O) groups excluding carboxylic acids is 1. The van der Waals surface area contributed by atoms with Crippen molar-refractivity contribution in [2.75, 3.05) is 36.4 Å². The summed E-state index contributed by atoms with van der Waals surface area (Å²) in [5.74, 6) is 0. The molecule has 1 aromatic heterocycles. The van der Waals surface area contributed by atoms with Crippen molar-refractivity contribution in [2.24, 2.45) is 0 Å². The molecular formula is C28H31N5O2. The van der Waals surface area contributed by atoms with Crippen molar-refractivity contribution >= 4 is 17.5 Å². The summed E-state index contributed by atoms with van der Waals surface area (Å²) in [5, 5.41) is 12.4. The number of anilines is 2. The van der Waals surface area contributed by atoms with Gasteiger partial charge >= 0.3 is 6.09 Å².